The molecule has 0 atom stereocenters. The van der Waals surface area contributed by atoms with Crippen LogP contribution in [0.3, 0.4) is 0 Å². The van der Waals surface area contributed by atoms with E-state index in [-0.39, 0.29) is 5.56 Å². The van der Waals surface area contributed by atoms with Crippen molar-refractivity contribution in [3.8, 4) is 5.82 Å². The minimum atomic E-state index is -0.970. The van der Waals surface area contributed by atoms with Crippen molar-refractivity contribution in [1.29, 1.82) is 0 Å². The van der Waals surface area contributed by atoms with Crippen molar-refractivity contribution < 1.29 is 9.90 Å². The van der Waals surface area contributed by atoms with Gasteiger partial charge in [-0.05, 0) is 30.9 Å². The molecule has 1 N–H and O–H groups in total. The second-order valence-electron chi connectivity index (χ2n) is 5.19. The van der Waals surface area contributed by atoms with Gasteiger partial charge < -0.3 is 5.11 Å². The molecule has 3 rings (SSSR count). The van der Waals surface area contributed by atoms with Gasteiger partial charge >= 0.3 is 5.97 Å². The first-order valence-electron chi connectivity index (χ1n) is 7.35. The summed E-state index contributed by atoms with van der Waals surface area (Å²) >= 11 is 0. The van der Waals surface area contributed by atoms with Crippen LogP contribution in [0.2, 0.25) is 0 Å². The van der Waals surface area contributed by atoms with Gasteiger partial charge in [-0.1, -0.05) is 13.8 Å². The Hall–Kier alpha value is -2.24. The number of carboxylic acid groups (broad SMARTS) is 1. The number of aromatic carboxylic acids is 1. The Labute approximate surface area is 122 Å². The van der Waals surface area contributed by atoms with Gasteiger partial charge in [0.2, 0.25) is 0 Å². The SMILES string of the molecule is CCc1nc(CC)n(-c2nc3c(cc2C(=O)O)CCC3)n1. The number of carboxylic acids is 1. The van der Waals surface area contributed by atoms with E-state index in [0.717, 1.165) is 36.3 Å². The van der Waals surface area contributed by atoms with Gasteiger partial charge in [0, 0.05) is 18.5 Å². The van der Waals surface area contributed by atoms with E-state index >= 15 is 0 Å². The highest BCUT2D eigenvalue weighted by molar-refractivity contribution is 5.91. The van der Waals surface area contributed by atoms with Crippen molar-refractivity contribution >= 4 is 5.97 Å². The first kappa shape index (κ1) is 13.7. The molecule has 6 nitrogen and oxygen atoms in total. The summed E-state index contributed by atoms with van der Waals surface area (Å²) in [5, 5.41) is 13.9. The third-order valence-corrected chi connectivity index (χ3v) is 3.81. The maximum Gasteiger partial charge on any atom is 0.339 e. The van der Waals surface area contributed by atoms with Crippen LogP contribution < -0.4 is 0 Å². The molecule has 6 heteroatoms. The Balaban J connectivity index is 2.21. The predicted molar refractivity (Wildman–Crippen MR) is 76.9 cm³/mol. The van der Waals surface area contributed by atoms with Gasteiger partial charge in [-0.2, -0.15) is 4.68 Å². The lowest BCUT2D eigenvalue weighted by atomic mass is 10.1. The van der Waals surface area contributed by atoms with Crippen LogP contribution >= 0.6 is 0 Å². The van der Waals surface area contributed by atoms with Crippen molar-refractivity contribution in [2.45, 2.75) is 46.0 Å². The largest absolute Gasteiger partial charge is 0.478 e. The molecule has 2 heterocycles. The van der Waals surface area contributed by atoms with E-state index in [4.69, 9.17) is 0 Å². The fourth-order valence-corrected chi connectivity index (χ4v) is 2.72. The number of carbonyl (C=O) groups is 1. The lowest BCUT2D eigenvalue weighted by Gasteiger charge is -2.10. The Morgan fingerprint density at radius 3 is 2.76 bits per heavy atom. The molecule has 0 radical (unpaired) electrons. The molecule has 0 saturated heterocycles. The van der Waals surface area contributed by atoms with E-state index < -0.39 is 5.97 Å². The lowest BCUT2D eigenvalue weighted by Crippen LogP contribution is -2.13. The number of aryl methyl sites for hydroxylation is 4. The smallest absolute Gasteiger partial charge is 0.339 e. The zero-order valence-electron chi connectivity index (χ0n) is 12.3. The first-order chi connectivity index (χ1) is 10.1. The number of hydrogen-bond acceptors (Lipinski definition) is 4. The Morgan fingerprint density at radius 2 is 2.10 bits per heavy atom. The second kappa shape index (κ2) is 5.27. The zero-order valence-corrected chi connectivity index (χ0v) is 12.3. The summed E-state index contributed by atoms with van der Waals surface area (Å²) in [7, 11) is 0. The number of nitrogens with zero attached hydrogens (tertiary/aromatic N) is 4. The molecule has 110 valence electrons. The maximum atomic E-state index is 11.6. The molecule has 0 unspecified atom stereocenters. The average molecular weight is 286 g/mol. The summed E-state index contributed by atoms with van der Waals surface area (Å²) in [5.41, 5.74) is 2.24. The van der Waals surface area contributed by atoms with E-state index in [1.165, 1.54) is 0 Å². The van der Waals surface area contributed by atoms with Crippen LogP contribution in [-0.4, -0.2) is 30.8 Å². The van der Waals surface area contributed by atoms with E-state index in [2.05, 4.69) is 15.1 Å². The minimum Gasteiger partial charge on any atom is -0.478 e. The molecule has 21 heavy (non-hydrogen) atoms. The fourth-order valence-electron chi connectivity index (χ4n) is 2.72. The third-order valence-electron chi connectivity index (χ3n) is 3.81. The van der Waals surface area contributed by atoms with Gasteiger partial charge in [-0.15, -0.1) is 5.10 Å². The molecular formula is C15H18N4O2. The summed E-state index contributed by atoms with van der Waals surface area (Å²) in [4.78, 5) is 20.6. The lowest BCUT2D eigenvalue weighted by molar-refractivity contribution is 0.0696. The monoisotopic (exact) mass is 286 g/mol. The summed E-state index contributed by atoms with van der Waals surface area (Å²) in [6, 6.07) is 1.75. The van der Waals surface area contributed by atoms with Gasteiger partial charge in [0.1, 0.15) is 11.4 Å². The molecule has 0 spiro atoms. The maximum absolute atomic E-state index is 11.6. The van der Waals surface area contributed by atoms with Crippen molar-refractivity contribution in [1.82, 2.24) is 19.7 Å². The van der Waals surface area contributed by atoms with Crippen LogP contribution in [0.4, 0.5) is 0 Å². The van der Waals surface area contributed by atoms with Crippen molar-refractivity contribution in [2.24, 2.45) is 0 Å². The molecule has 0 aliphatic heterocycles. The first-order valence-corrected chi connectivity index (χ1v) is 7.35. The quantitative estimate of drug-likeness (QED) is 0.929. The number of fused-ring (bicyclic) bond motifs is 1. The van der Waals surface area contributed by atoms with Gasteiger partial charge in [0.25, 0.3) is 0 Å². The minimum absolute atomic E-state index is 0.206. The number of pyridine rings is 1. The van der Waals surface area contributed by atoms with E-state index in [9.17, 15) is 9.90 Å². The topological polar surface area (TPSA) is 80.9 Å². The summed E-state index contributed by atoms with van der Waals surface area (Å²) in [5.74, 6) is 0.889. The van der Waals surface area contributed by atoms with Gasteiger partial charge in [0.05, 0.1) is 0 Å². The molecule has 0 fully saturated rings. The number of rotatable bonds is 4. The summed E-state index contributed by atoms with van der Waals surface area (Å²) in [6.45, 7) is 3.96. The summed E-state index contributed by atoms with van der Waals surface area (Å²) < 4.78 is 1.60. The van der Waals surface area contributed by atoms with Crippen LogP contribution in [0.5, 0.6) is 0 Å². The zero-order chi connectivity index (χ0) is 15.0. The highest BCUT2D eigenvalue weighted by atomic mass is 16.4. The highest BCUT2D eigenvalue weighted by Gasteiger charge is 2.23. The van der Waals surface area contributed by atoms with E-state index in [0.29, 0.717) is 24.5 Å². The Bertz CT molecular complexity index is 706. The second-order valence-corrected chi connectivity index (χ2v) is 5.19. The molecule has 0 amide bonds. The van der Waals surface area contributed by atoms with Crippen molar-refractivity contribution in [2.75, 3.05) is 0 Å². The molecule has 0 saturated carbocycles. The molecule has 2 aromatic heterocycles. The van der Waals surface area contributed by atoms with E-state index in [1.807, 2.05) is 13.8 Å². The van der Waals surface area contributed by atoms with Gasteiger partial charge in [0.15, 0.2) is 11.6 Å². The third kappa shape index (κ3) is 2.30. The van der Waals surface area contributed by atoms with Crippen LogP contribution in [0.15, 0.2) is 6.07 Å². The number of hydrogen-bond donors (Lipinski definition) is 1. The van der Waals surface area contributed by atoms with Gasteiger partial charge in [-0.25, -0.2) is 14.8 Å². The predicted octanol–water partition coefficient (Wildman–Crippen LogP) is 1.97. The molecule has 1 aliphatic rings. The standard InChI is InChI=1S/C15H18N4O2/c1-3-12-17-13(4-2)19(18-12)14-10(15(20)21)8-9-6-5-7-11(9)16-14/h8H,3-7H2,1-2H3,(H,20,21). The number of aromatic nitrogens is 4. The van der Waals surface area contributed by atoms with Gasteiger partial charge in [-0.3, -0.25) is 0 Å². The van der Waals surface area contributed by atoms with Crippen LogP contribution in [0.1, 0.15) is 53.5 Å². The van der Waals surface area contributed by atoms with Crippen molar-refractivity contribution in [3.63, 3.8) is 0 Å². The molecule has 0 aromatic carbocycles. The Morgan fingerprint density at radius 1 is 1.29 bits per heavy atom. The highest BCUT2D eigenvalue weighted by Crippen LogP contribution is 2.25. The van der Waals surface area contributed by atoms with Crippen LogP contribution in [0.25, 0.3) is 5.82 Å². The van der Waals surface area contributed by atoms with Crippen LogP contribution in [-0.2, 0) is 25.7 Å². The molecule has 1 aliphatic carbocycles. The van der Waals surface area contributed by atoms with Crippen molar-refractivity contribution in [3.05, 3.63) is 34.5 Å². The fraction of sp³-hybridized carbons (Fsp3) is 0.467. The van der Waals surface area contributed by atoms with Crippen LogP contribution in [0, 0.1) is 0 Å². The summed E-state index contributed by atoms with van der Waals surface area (Å²) in [6.07, 6.45) is 4.24. The Kier molecular flexibility index (Phi) is 3.45. The average Bonchev–Trinajstić information content (AvgIpc) is 3.11. The normalized spacial score (nSPS) is 13.4. The molecule has 0 bridgehead atoms. The van der Waals surface area contributed by atoms with E-state index in [1.54, 1.807) is 10.7 Å². The molecule has 2 aromatic rings. The molecular weight excluding hydrogens is 268 g/mol.